The molecule has 0 saturated carbocycles. The molecule has 1 N–H and O–H groups in total. The maximum absolute atomic E-state index is 12.6. The maximum atomic E-state index is 12.6. The Labute approximate surface area is 199 Å². The number of fused-ring (bicyclic) bond motifs is 1. The molecule has 2 heterocycles. The van der Waals surface area contributed by atoms with E-state index in [1.165, 1.54) is 0 Å². The minimum absolute atomic E-state index is 0.0578. The number of methoxy groups -OCH3 is 2. The molecular weight excluding hydrogens is 434 g/mol. The first-order valence-electron chi connectivity index (χ1n) is 11.2. The standard InChI is InChI=1S/C26H33N3O5/c1-8-20(28-14-23(30)34-26(2,3)4)24-21(32-6)11-16(12-22(24)33-7)19-15-29(5)25(31)18-13-27-10-9-17(18)19/h9-13,15,20,28H,8,14H2,1-7H3. The van der Waals surface area contributed by atoms with Gasteiger partial charge in [-0.15, -0.1) is 0 Å². The number of esters is 1. The molecule has 182 valence electrons. The van der Waals surface area contributed by atoms with Gasteiger partial charge in [-0.25, -0.2) is 0 Å². The average Bonchev–Trinajstić information content (AvgIpc) is 2.80. The molecule has 1 unspecified atom stereocenters. The number of rotatable bonds is 8. The summed E-state index contributed by atoms with van der Waals surface area (Å²) in [6.45, 7) is 7.60. The van der Waals surface area contributed by atoms with Crippen molar-refractivity contribution in [2.45, 2.75) is 45.8 Å². The number of carbonyl (C=O) groups is 1. The van der Waals surface area contributed by atoms with Gasteiger partial charge < -0.3 is 18.8 Å². The van der Waals surface area contributed by atoms with E-state index in [-0.39, 0.29) is 24.1 Å². The number of nitrogens with zero attached hydrogens (tertiary/aromatic N) is 2. The third-order valence-electron chi connectivity index (χ3n) is 5.51. The van der Waals surface area contributed by atoms with Gasteiger partial charge in [-0.3, -0.25) is 19.9 Å². The van der Waals surface area contributed by atoms with Crippen LogP contribution < -0.4 is 20.3 Å². The van der Waals surface area contributed by atoms with E-state index in [4.69, 9.17) is 14.2 Å². The van der Waals surface area contributed by atoms with Gasteiger partial charge in [0.15, 0.2) is 0 Å². The van der Waals surface area contributed by atoms with Crippen molar-refractivity contribution in [3.8, 4) is 22.6 Å². The lowest BCUT2D eigenvalue weighted by Gasteiger charge is -2.25. The molecule has 0 aliphatic heterocycles. The zero-order valence-corrected chi connectivity index (χ0v) is 20.9. The van der Waals surface area contributed by atoms with Crippen LogP contribution in [0.3, 0.4) is 0 Å². The van der Waals surface area contributed by atoms with Crippen molar-refractivity contribution in [2.75, 3.05) is 20.8 Å². The third-order valence-corrected chi connectivity index (χ3v) is 5.51. The molecule has 0 saturated heterocycles. The number of aromatic nitrogens is 2. The van der Waals surface area contributed by atoms with Gasteiger partial charge >= 0.3 is 5.97 Å². The zero-order valence-electron chi connectivity index (χ0n) is 20.9. The highest BCUT2D eigenvalue weighted by molar-refractivity contribution is 5.95. The van der Waals surface area contributed by atoms with Crippen molar-refractivity contribution in [2.24, 2.45) is 7.05 Å². The lowest BCUT2D eigenvalue weighted by molar-refractivity contribution is -0.153. The number of hydrogen-bond acceptors (Lipinski definition) is 7. The lowest BCUT2D eigenvalue weighted by atomic mass is 9.95. The maximum Gasteiger partial charge on any atom is 0.320 e. The molecular formula is C26H33N3O5. The summed E-state index contributed by atoms with van der Waals surface area (Å²) in [5, 5.41) is 4.61. The van der Waals surface area contributed by atoms with Gasteiger partial charge in [-0.2, -0.15) is 0 Å². The number of nitrogens with one attached hydrogen (secondary N) is 1. The molecule has 2 aromatic heterocycles. The Morgan fingerprint density at radius 3 is 2.35 bits per heavy atom. The molecule has 3 rings (SSSR count). The second kappa shape index (κ2) is 10.3. The molecule has 34 heavy (non-hydrogen) atoms. The normalized spacial score (nSPS) is 12.4. The fourth-order valence-electron chi connectivity index (χ4n) is 4.01. The first-order chi connectivity index (χ1) is 16.1. The van der Waals surface area contributed by atoms with Gasteiger partial charge in [0.25, 0.3) is 5.56 Å². The second-order valence-corrected chi connectivity index (χ2v) is 9.10. The molecule has 0 spiro atoms. The van der Waals surface area contributed by atoms with Gasteiger partial charge in [0.2, 0.25) is 0 Å². The number of hydrogen-bond donors (Lipinski definition) is 1. The van der Waals surface area contributed by atoms with E-state index in [0.29, 0.717) is 23.3 Å². The van der Waals surface area contributed by atoms with Gasteiger partial charge in [0.05, 0.1) is 31.7 Å². The van der Waals surface area contributed by atoms with Crippen LogP contribution >= 0.6 is 0 Å². The zero-order chi connectivity index (χ0) is 25.0. The number of benzene rings is 1. The molecule has 0 fully saturated rings. The summed E-state index contributed by atoms with van der Waals surface area (Å²) in [7, 11) is 4.92. The van der Waals surface area contributed by atoms with Crippen molar-refractivity contribution in [1.82, 2.24) is 14.9 Å². The minimum Gasteiger partial charge on any atom is -0.496 e. The van der Waals surface area contributed by atoms with E-state index in [1.54, 1.807) is 44.4 Å². The van der Waals surface area contributed by atoms with Crippen LogP contribution in [0.5, 0.6) is 11.5 Å². The van der Waals surface area contributed by atoms with Crippen molar-refractivity contribution in [3.63, 3.8) is 0 Å². The Morgan fingerprint density at radius 1 is 1.15 bits per heavy atom. The predicted octanol–water partition coefficient (Wildman–Crippen LogP) is 4.00. The highest BCUT2D eigenvalue weighted by atomic mass is 16.6. The minimum atomic E-state index is -0.550. The summed E-state index contributed by atoms with van der Waals surface area (Å²) in [6, 6.07) is 5.48. The van der Waals surface area contributed by atoms with Crippen LogP contribution in [0.2, 0.25) is 0 Å². The van der Waals surface area contributed by atoms with Crippen molar-refractivity contribution < 1.29 is 19.0 Å². The van der Waals surface area contributed by atoms with Crippen molar-refractivity contribution in [1.29, 1.82) is 0 Å². The first kappa shape index (κ1) is 25.2. The van der Waals surface area contributed by atoms with Crippen molar-refractivity contribution >= 4 is 16.7 Å². The molecule has 0 aliphatic carbocycles. The van der Waals surface area contributed by atoms with Gasteiger partial charge in [-0.05, 0) is 56.3 Å². The van der Waals surface area contributed by atoms with E-state index < -0.39 is 5.60 Å². The highest BCUT2D eigenvalue weighted by Crippen LogP contribution is 2.41. The molecule has 0 aliphatic rings. The Balaban J connectivity index is 2.06. The first-order valence-corrected chi connectivity index (χ1v) is 11.2. The van der Waals surface area contributed by atoms with Gasteiger partial charge in [0.1, 0.15) is 17.1 Å². The number of ether oxygens (including phenoxy) is 3. The summed E-state index contributed by atoms with van der Waals surface area (Å²) in [5.74, 6) is 0.911. The van der Waals surface area contributed by atoms with Gasteiger partial charge in [0, 0.05) is 37.2 Å². The highest BCUT2D eigenvalue weighted by Gasteiger charge is 2.24. The van der Waals surface area contributed by atoms with E-state index in [9.17, 15) is 9.59 Å². The largest absolute Gasteiger partial charge is 0.496 e. The molecule has 0 bridgehead atoms. The molecule has 0 amide bonds. The monoisotopic (exact) mass is 467 g/mol. The number of aryl methyl sites for hydroxylation is 1. The summed E-state index contributed by atoms with van der Waals surface area (Å²) < 4.78 is 18.5. The molecule has 8 nitrogen and oxygen atoms in total. The van der Waals surface area contributed by atoms with Gasteiger partial charge in [-0.1, -0.05) is 6.92 Å². The molecule has 0 radical (unpaired) electrons. The Kier molecular flexibility index (Phi) is 7.61. The number of carbonyl (C=O) groups excluding carboxylic acids is 1. The van der Waals surface area contributed by atoms with Crippen LogP contribution in [0.1, 0.15) is 45.7 Å². The van der Waals surface area contributed by atoms with E-state index in [0.717, 1.165) is 22.1 Å². The lowest BCUT2D eigenvalue weighted by Crippen LogP contribution is -2.33. The van der Waals surface area contributed by atoms with Crippen molar-refractivity contribution in [3.05, 3.63) is 52.7 Å². The summed E-state index contributed by atoms with van der Waals surface area (Å²) >= 11 is 0. The second-order valence-electron chi connectivity index (χ2n) is 9.10. The Hall–Kier alpha value is -3.39. The predicted molar refractivity (Wildman–Crippen MR) is 132 cm³/mol. The smallest absolute Gasteiger partial charge is 0.320 e. The van der Waals surface area contributed by atoms with Crippen LogP contribution in [0, 0.1) is 0 Å². The quantitative estimate of drug-likeness (QED) is 0.501. The summed E-state index contributed by atoms with van der Waals surface area (Å²) in [4.78, 5) is 29.0. The summed E-state index contributed by atoms with van der Waals surface area (Å²) in [6.07, 6.45) is 5.75. The summed E-state index contributed by atoms with van der Waals surface area (Å²) in [5.41, 5.74) is 1.85. The molecule has 1 aromatic carbocycles. The molecule has 1 atom stereocenters. The van der Waals surface area contributed by atoms with E-state index in [2.05, 4.69) is 10.3 Å². The fourth-order valence-corrected chi connectivity index (χ4v) is 4.01. The Morgan fingerprint density at radius 2 is 1.79 bits per heavy atom. The average molecular weight is 468 g/mol. The van der Waals surface area contributed by atoms with Crippen LogP contribution in [0.4, 0.5) is 0 Å². The van der Waals surface area contributed by atoms with Crippen LogP contribution in [0.15, 0.2) is 41.6 Å². The number of pyridine rings is 2. The topological polar surface area (TPSA) is 91.7 Å². The molecule has 8 heteroatoms. The van der Waals surface area contributed by atoms with E-state index >= 15 is 0 Å². The van der Waals surface area contributed by atoms with E-state index in [1.807, 2.05) is 45.9 Å². The SMILES string of the molecule is CCC(NCC(=O)OC(C)(C)C)c1c(OC)cc(-c2cn(C)c(=O)c3cnccc23)cc1OC. The Bertz CT molecular complexity index is 1220. The van der Waals surface area contributed by atoms with Crippen LogP contribution in [-0.4, -0.2) is 41.9 Å². The van der Waals surface area contributed by atoms with Crippen LogP contribution in [-0.2, 0) is 16.6 Å². The molecule has 3 aromatic rings. The third kappa shape index (κ3) is 5.39. The van der Waals surface area contributed by atoms with Crippen LogP contribution in [0.25, 0.3) is 21.9 Å². The fraction of sp³-hybridized carbons (Fsp3) is 0.423.